The number of halogens is 4. The second-order valence-electron chi connectivity index (χ2n) is 8.81. The normalized spacial score (nSPS) is 16.1. The number of nitriles is 1. The Hall–Kier alpha value is -3.37. The number of hydrogen-bond donors (Lipinski definition) is 2. The monoisotopic (exact) mass is 483 g/mol. The van der Waals surface area contributed by atoms with Crippen LogP contribution in [0.2, 0.25) is 5.02 Å². The third-order valence-electron chi connectivity index (χ3n) is 6.50. The van der Waals surface area contributed by atoms with Gasteiger partial charge in [0.15, 0.2) is 11.6 Å². The van der Waals surface area contributed by atoms with E-state index in [1.807, 2.05) is 6.07 Å². The van der Waals surface area contributed by atoms with Crippen LogP contribution in [-0.4, -0.2) is 6.61 Å². The Morgan fingerprint density at radius 1 is 0.971 bits per heavy atom. The lowest BCUT2D eigenvalue weighted by Crippen LogP contribution is -2.42. The highest BCUT2D eigenvalue weighted by molar-refractivity contribution is 6.30. The van der Waals surface area contributed by atoms with Gasteiger partial charge in [-0.15, -0.1) is 0 Å². The van der Waals surface area contributed by atoms with Crippen LogP contribution in [0.4, 0.5) is 24.5 Å². The Morgan fingerprint density at radius 2 is 1.68 bits per heavy atom. The van der Waals surface area contributed by atoms with Crippen molar-refractivity contribution in [3.63, 3.8) is 0 Å². The zero-order valence-electron chi connectivity index (χ0n) is 18.1. The Balaban J connectivity index is 1.59. The Kier molecular flexibility index (Phi) is 5.78. The zero-order chi connectivity index (χ0) is 23.9. The average Bonchev–Trinajstić information content (AvgIpc) is 3.12. The first-order valence-corrected chi connectivity index (χ1v) is 11.4. The second kappa shape index (κ2) is 8.77. The summed E-state index contributed by atoms with van der Waals surface area (Å²) in [5, 5.41) is 16.0. The van der Waals surface area contributed by atoms with Crippen molar-refractivity contribution in [2.24, 2.45) is 5.92 Å². The van der Waals surface area contributed by atoms with E-state index in [2.05, 4.69) is 10.6 Å². The first kappa shape index (κ1) is 22.4. The molecule has 1 heterocycles. The van der Waals surface area contributed by atoms with Gasteiger partial charge in [0, 0.05) is 29.1 Å². The smallest absolute Gasteiger partial charge is 0.161 e. The van der Waals surface area contributed by atoms with Crippen LogP contribution in [0, 0.1) is 34.7 Å². The highest BCUT2D eigenvalue weighted by Gasteiger charge is 2.42. The van der Waals surface area contributed by atoms with E-state index in [0.717, 1.165) is 25.0 Å². The summed E-state index contributed by atoms with van der Waals surface area (Å²) >= 11 is 6.27. The minimum absolute atomic E-state index is 0.0594. The van der Waals surface area contributed by atoms with Gasteiger partial charge in [-0.25, -0.2) is 13.2 Å². The molecule has 5 rings (SSSR count). The van der Waals surface area contributed by atoms with Crippen molar-refractivity contribution in [3.8, 4) is 11.8 Å². The SMILES string of the molecule is N#Cc1ccc(CC2(c3ccc(Cl)cc3OCC3CCC3)Nc3cc(F)c(F)cc3N2)c(F)c1. The quantitative estimate of drug-likeness (QED) is 0.407. The number of nitrogens with one attached hydrogen (secondary N) is 2. The summed E-state index contributed by atoms with van der Waals surface area (Å²) in [4.78, 5) is 0. The minimum atomic E-state index is -1.18. The van der Waals surface area contributed by atoms with E-state index in [1.54, 1.807) is 18.2 Å². The second-order valence-corrected chi connectivity index (χ2v) is 9.25. The Bertz CT molecular complexity index is 1270. The molecule has 174 valence electrons. The first-order valence-electron chi connectivity index (χ1n) is 11.0. The predicted octanol–water partition coefficient (Wildman–Crippen LogP) is 6.74. The molecular formula is C26H21ClF3N3O. The summed E-state index contributed by atoms with van der Waals surface area (Å²) in [6, 6.07) is 13.4. The van der Waals surface area contributed by atoms with E-state index >= 15 is 0 Å². The third kappa shape index (κ3) is 4.14. The molecule has 34 heavy (non-hydrogen) atoms. The molecule has 0 atom stereocenters. The van der Waals surface area contributed by atoms with Gasteiger partial charge in [0.25, 0.3) is 0 Å². The van der Waals surface area contributed by atoms with Crippen LogP contribution in [0.15, 0.2) is 48.5 Å². The minimum Gasteiger partial charge on any atom is -0.493 e. The molecule has 0 saturated heterocycles. The molecule has 1 aliphatic carbocycles. The van der Waals surface area contributed by atoms with Crippen molar-refractivity contribution in [2.75, 3.05) is 17.2 Å². The van der Waals surface area contributed by atoms with Crippen LogP contribution >= 0.6 is 11.6 Å². The number of fused-ring (bicyclic) bond motifs is 1. The number of benzene rings is 3. The summed E-state index contributed by atoms with van der Waals surface area (Å²) in [5.74, 6) is -1.58. The lowest BCUT2D eigenvalue weighted by molar-refractivity contribution is 0.178. The number of anilines is 2. The van der Waals surface area contributed by atoms with Gasteiger partial charge in [-0.3, -0.25) is 0 Å². The molecule has 0 amide bonds. The van der Waals surface area contributed by atoms with Gasteiger partial charge in [-0.05, 0) is 54.7 Å². The highest BCUT2D eigenvalue weighted by Crippen LogP contribution is 2.46. The molecule has 0 spiro atoms. The number of nitrogens with zero attached hydrogens (tertiary/aromatic N) is 1. The van der Waals surface area contributed by atoms with Gasteiger partial charge in [0.1, 0.15) is 17.2 Å². The standard InChI is InChI=1S/C26H21ClF3N3O/c27-18-6-7-19(25(9-18)34-14-15-2-1-3-15)26(12-17-5-4-16(13-31)8-20(17)28)32-23-10-21(29)22(30)11-24(23)33-26/h4-11,15,32-33H,1-3,12,14H2. The lowest BCUT2D eigenvalue weighted by Gasteiger charge is -2.34. The summed E-state index contributed by atoms with van der Waals surface area (Å²) in [5.41, 5.74) is 0.633. The van der Waals surface area contributed by atoms with Gasteiger partial charge in [0.2, 0.25) is 0 Å². The van der Waals surface area contributed by atoms with E-state index in [4.69, 9.17) is 21.6 Å². The molecule has 8 heteroatoms. The van der Waals surface area contributed by atoms with Crippen molar-refractivity contribution in [1.29, 1.82) is 5.26 Å². The Morgan fingerprint density at radius 3 is 2.26 bits per heavy atom. The van der Waals surface area contributed by atoms with Crippen molar-refractivity contribution in [2.45, 2.75) is 31.3 Å². The summed E-state index contributed by atoms with van der Waals surface area (Å²) in [6.45, 7) is 0.519. The van der Waals surface area contributed by atoms with Crippen molar-refractivity contribution < 1.29 is 17.9 Å². The Labute approximate surface area is 200 Å². The molecule has 2 aliphatic rings. The molecule has 1 saturated carbocycles. The van der Waals surface area contributed by atoms with Crippen LogP contribution in [0.3, 0.4) is 0 Å². The average molecular weight is 484 g/mol. The fourth-order valence-corrected chi connectivity index (χ4v) is 4.61. The zero-order valence-corrected chi connectivity index (χ0v) is 18.9. The summed E-state index contributed by atoms with van der Waals surface area (Å²) in [6.07, 6.45) is 3.42. The molecule has 1 fully saturated rings. The molecule has 0 unspecified atom stereocenters. The van der Waals surface area contributed by atoms with Crippen LogP contribution in [-0.2, 0) is 12.1 Å². The topological polar surface area (TPSA) is 57.1 Å². The van der Waals surface area contributed by atoms with Gasteiger partial charge in [0.05, 0.1) is 29.6 Å². The van der Waals surface area contributed by atoms with Gasteiger partial charge in [-0.2, -0.15) is 5.26 Å². The molecule has 1 aliphatic heterocycles. The van der Waals surface area contributed by atoms with E-state index < -0.39 is 23.1 Å². The van der Waals surface area contributed by atoms with Crippen molar-refractivity contribution >= 4 is 23.0 Å². The van der Waals surface area contributed by atoms with Crippen LogP contribution in [0.25, 0.3) is 0 Å². The van der Waals surface area contributed by atoms with Crippen LogP contribution in [0.5, 0.6) is 5.75 Å². The number of rotatable bonds is 6. The van der Waals surface area contributed by atoms with Crippen molar-refractivity contribution in [3.05, 3.63) is 87.7 Å². The fraction of sp³-hybridized carbons (Fsp3) is 0.269. The summed E-state index contributed by atoms with van der Waals surface area (Å²) in [7, 11) is 0. The van der Waals surface area contributed by atoms with Crippen LogP contribution < -0.4 is 15.4 Å². The van der Waals surface area contributed by atoms with Gasteiger partial charge < -0.3 is 15.4 Å². The maximum Gasteiger partial charge on any atom is 0.161 e. The molecule has 0 radical (unpaired) electrons. The number of ether oxygens (including phenoxy) is 1. The van der Waals surface area contributed by atoms with Crippen LogP contribution in [0.1, 0.15) is 36.0 Å². The maximum absolute atomic E-state index is 14.9. The van der Waals surface area contributed by atoms with E-state index in [0.29, 0.717) is 45.8 Å². The van der Waals surface area contributed by atoms with E-state index in [1.165, 1.54) is 24.6 Å². The molecule has 0 bridgehead atoms. The number of hydrogen-bond acceptors (Lipinski definition) is 4. The van der Waals surface area contributed by atoms with E-state index in [9.17, 15) is 13.2 Å². The molecule has 3 aromatic carbocycles. The van der Waals surface area contributed by atoms with Crippen molar-refractivity contribution in [1.82, 2.24) is 0 Å². The maximum atomic E-state index is 14.9. The first-order chi connectivity index (χ1) is 16.4. The predicted molar refractivity (Wildman–Crippen MR) is 124 cm³/mol. The molecule has 3 aromatic rings. The lowest BCUT2D eigenvalue weighted by atomic mass is 9.86. The molecule has 0 aromatic heterocycles. The largest absolute Gasteiger partial charge is 0.493 e. The molecular weight excluding hydrogens is 463 g/mol. The van der Waals surface area contributed by atoms with E-state index in [-0.39, 0.29) is 12.0 Å². The molecule has 2 N–H and O–H groups in total. The summed E-state index contributed by atoms with van der Waals surface area (Å²) < 4.78 is 49.1. The highest BCUT2D eigenvalue weighted by atomic mass is 35.5. The van der Waals surface area contributed by atoms with Gasteiger partial charge in [-0.1, -0.05) is 24.1 Å². The fourth-order valence-electron chi connectivity index (χ4n) is 4.44. The third-order valence-corrected chi connectivity index (χ3v) is 6.73. The van der Waals surface area contributed by atoms with Gasteiger partial charge >= 0.3 is 0 Å². The molecule has 4 nitrogen and oxygen atoms in total.